The highest BCUT2D eigenvalue weighted by Gasteiger charge is 2.43. The number of carbonyl (C=O) groups excluding carboxylic acids is 1. The predicted molar refractivity (Wildman–Crippen MR) is 62.1 cm³/mol. The molecule has 0 fully saturated rings. The van der Waals surface area contributed by atoms with E-state index in [1.165, 1.54) is 0 Å². The molecule has 0 N–H and O–H groups in total. The fourth-order valence-electron chi connectivity index (χ4n) is 2.09. The molecule has 0 saturated heterocycles. The number of hydrogen-bond donors (Lipinski definition) is 0. The summed E-state index contributed by atoms with van der Waals surface area (Å²) < 4.78 is 0. The van der Waals surface area contributed by atoms with E-state index in [0.29, 0.717) is 5.56 Å². The van der Waals surface area contributed by atoms with Gasteiger partial charge in [0.2, 0.25) is 5.91 Å². The molecular weight excluding hydrogens is 200 g/mol. The van der Waals surface area contributed by atoms with Gasteiger partial charge in [-0.3, -0.25) is 4.79 Å². The van der Waals surface area contributed by atoms with Gasteiger partial charge in [0.1, 0.15) is 0 Å². The minimum atomic E-state index is -0.669. The maximum absolute atomic E-state index is 12.1. The van der Waals surface area contributed by atoms with Crippen molar-refractivity contribution < 1.29 is 4.79 Å². The number of nitriles is 1. The van der Waals surface area contributed by atoms with E-state index < -0.39 is 5.41 Å². The van der Waals surface area contributed by atoms with Crippen LogP contribution in [0.25, 0.3) is 0 Å². The normalized spacial score (nSPS) is 22.8. The Balaban J connectivity index is 2.71. The van der Waals surface area contributed by atoms with Crippen molar-refractivity contribution in [1.82, 2.24) is 0 Å². The van der Waals surface area contributed by atoms with E-state index in [0.717, 1.165) is 11.3 Å². The van der Waals surface area contributed by atoms with Crippen molar-refractivity contribution in [2.45, 2.75) is 12.3 Å². The smallest absolute Gasteiger partial charge is 0.241 e. The topological polar surface area (TPSA) is 44.1 Å². The van der Waals surface area contributed by atoms with Crippen LogP contribution >= 0.6 is 0 Å². The van der Waals surface area contributed by atoms with Crippen LogP contribution in [0.15, 0.2) is 30.9 Å². The highest BCUT2D eigenvalue weighted by Crippen LogP contribution is 2.41. The standard InChI is InChI=1S/C13H12N2O/c1-4-13(2)10-6-5-9(8-14)7-11(10)15(3)12(13)16/h4-7H,1H2,2-3H3. The second-order valence-electron chi connectivity index (χ2n) is 4.11. The zero-order chi connectivity index (χ0) is 11.9. The number of likely N-dealkylation sites (N-methyl/N-ethyl adjacent to an activating group) is 1. The zero-order valence-corrected chi connectivity index (χ0v) is 9.32. The molecule has 0 saturated carbocycles. The first kappa shape index (κ1) is 10.4. The average Bonchev–Trinajstić information content (AvgIpc) is 2.52. The molecule has 1 amide bonds. The molecule has 0 radical (unpaired) electrons. The van der Waals surface area contributed by atoms with Crippen LogP contribution in [-0.4, -0.2) is 13.0 Å². The van der Waals surface area contributed by atoms with Crippen molar-refractivity contribution in [3.8, 4) is 6.07 Å². The maximum atomic E-state index is 12.1. The molecule has 1 aromatic carbocycles. The third-order valence-electron chi connectivity index (χ3n) is 3.20. The van der Waals surface area contributed by atoms with Gasteiger partial charge in [0, 0.05) is 12.7 Å². The van der Waals surface area contributed by atoms with Crippen LogP contribution < -0.4 is 4.90 Å². The molecule has 1 atom stereocenters. The Labute approximate surface area is 94.6 Å². The summed E-state index contributed by atoms with van der Waals surface area (Å²) in [5, 5.41) is 8.83. The van der Waals surface area contributed by atoms with Crippen molar-refractivity contribution in [1.29, 1.82) is 5.26 Å². The molecule has 3 heteroatoms. The molecule has 16 heavy (non-hydrogen) atoms. The Morgan fingerprint density at radius 2 is 2.25 bits per heavy atom. The summed E-state index contributed by atoms with van der Waals surface area (Å²) in [5.41, 5.74) is 1.60. The summed E-state index contributed by atoms with van der Waals surface area (Å²) in [6.07, 6.45) is 1.66. The second kappa shape index (κ2) is 3.21. The highest BCUT2D eigenvalue weighted by atomic mass is 16.2. The van der Waals surface area contributed by atoms with Crippen molar-refractivity contribution in [2.24, 2.45) is 0 Å². The van der Waals surface area contributed by atoms with Gasteiger partial charge in [-0.25, -0.2) is 0 Å². The lowest BCUT2D eigenvalue weighted by molar-refractivity contribution is -0.120. The van der Waals surface area contributed by atoms with Gasteiger partial charge in [0.05, 0.1) is 17.0 Å². The molecule has 0 spiro atoms. The Hall–Kier alpha value is -2.08. The van der Waals surface area contributed by atoms with E-state index in [2.05, 4.69) is 12.6 Å². The van der Waals surface area contributed by atoms with Crippen molar-refractivity contribution in [3.63, 3.8) is 0 Å². The van der Waals surface area contributed by atoms with E-state index in [1.54, 1.807) is 30.2 Å². The molecule has 1 heterocycles. The van der Waals surface area contributed by atoms with Gasteiger partial charge in [-0.1, -0.05) is 12.1 Å². The van der Waals surface area contributed by atoms with Crippen LogP contribution in [0.4, 0.5) is 5.69 Å². The summed E-state index contributed by atoms with van der Waals surface area (Å²) in [7, 11) is 1.72. The van der Waals surface area contributed by atoms with Crippen LogP contribution in [0.5, 0.6) is 0 Å². The van der Waals surface area contributed by atoms with E-state index in [1.807, 2.05) is 13.0 Å². The van der Waals surface area contributed by atoms with Crippen LogP contribution in [0.3, 0.4) is 0 Å². The molecule has 1 aliphatic rings. The summed E-state index contributed by atoms with van der Waals surface area (Å²) in [6, 6.07) is 7.37. The SMILES string of the molecule is C=CC1(C)C(=O)N(C)c2cc(C#N)ccc21. The second-order valence-corrected chi connectivity index (χ2v) is 4.11. The molecule has 3 nitrogen and oxygen atoms in total. The highest BCUT2D eigenvalue weighted by molar-refractivity contribution is 6.09. The van der Waals surface area contributed by atoms with Gasteiger partial charge < -0.3 is 4.90 Å². The summed E-state index contributed by atoms with van der Waals surface area (Å²) >= 11 is 0. The number of rotatable bonds is 1. The molecule has 0 aliphatic carbocycles. The Morgan fingerprint density at radius 1 is 1.56 bits per heavy atom. The fraction of sp³-hybridized carbons (Fsp3) is 0.231. The quantitative estimate of drug-likeness (QED) is 0.668. The van der Waals surface area contributed by atoms with Crippen molar-refractivity contribution in [2.75, 3.05) is 11.9 Å². The van der Waals surface area contributed by atoms with Gasteiger partial charge in [0.15, 0.2) is 0 Å². The van der Waals surface area contributed by atoms with Crippen LogP contribution in [0.2, 0.25) is 0 Å². The molecule has 1 unspecified atom stereocenters. The first-order chi connectivity index (χ1) is 7.54. The van der Waals surface area contributed by atoms with Gasteiger partial charge in [0.25, 0.3) is 0 Å². The third-order valence-corrected chi connectivity index (χ3v) is 3.20. The van der Waals surface area contributed by atoms with Gasteiger partial charge in [-0.15, -0.1) is 6.58 Å². The lowest BCUT2D eigenvalue weighted by atomic mass is 9.84. The first-order valence-electron chi connectivity index (χ1n) is 5.01. The summed E-state index contributed by atoms with van der Waals surface area (Å²) in [5.74, 6) is -0.00686. The minimum absolute atomic E-state index is 0.00686. The van der Waals surface area contributed by atoms with Gasteiger partial charge in [-0.05, 0) is 24.6 Å². The third kappa shape index (κ3) is 1.10. The molecule has 2 rings (SSSR count). The number of benzene rings is 1. The maximum Gasteiger partial charge on any atom is 0.241 e. The van der Waals surface area contributed by atoms with E-state index >= 15 is 0 Å². The number of carbonyl (C=O) groups is 1. The molecule has 0 bridgehead atoms. The van der Waals surface area contributed by atoms with E-state index in [9.17, 15) is 4.79 Å². The lowest BCUT2D eigenvalue weighted by Crippen LogP contribution is -2.34. The van der Waals surface area contributed by atoms with Crippen LogP contribution in [0.1, 0.15) is 18.1 Å². The number of hydrogen-bond acceptors (Lipinski definition) is 2. The number of anilines is 1. The number of nitrogens with zero attached hydrogens (tertiary/aromatic N) is 2. The Bertz CT molecular complexity index is 527. The fourth-order valence-corrected chi connectivity index (χ4v) is 2.09. The van der Waals surface area contributed by atoms with Crippen LogP contribution in [0, 0.1) is 11.3 Å². The first-order valence-corrected chi connectivity index (χ1v) is 5.01. The zero-order valence-electron chi connectivity index (χ0n) is 9.32. The monoisotopic (exact) mass is 212 g/mol. The van der Waals surface area contributed by atoms with Crippen molar-refractivity contribution in [3.05, 3.63) is 42.0 Å². The van der Waals surface area contributed by atoms with E-state index in [-0.39, 0.29) is 5.91 Å². The molecule has 0 aromatic heterocycles. The predicted octanol–water partition coefficient (Wildman–Crippen LogP) is 1.98. The van der Waals surface area contributed by atoms with Gasteiger partial charge >= 0.3 is 0 Å². The average molecular weight is 212 g/mol. The minimum Gasteiger partial charge on any atom is -0.314 e. The Morgan fingerprint density at radius 3 is 2.81 bits per heavy atom. The lowest BCUT2D eigenvalue weighted by Gasteiger charge is -2.17. The van der Waals surface area contributed by atoms with Crippen LogP contribution in [-0.2, 0) is 10.2 Å². The number of amides is 1. The largest absolute Gasteiger partial charge is 0.314 e. The molecular formula is C13H12N2O. The molecule has 80 valence electrons. The van der Waals surface area contributed by atoms with Crippen molar-refractivity contribution >= 4 is 11.6 Å². The summed E-state index contributed by atoms with van der Waals surface area (Å²) in [4.78, 5) is 13.7. The Kier molecular flexibility index (Phi) is 2.09. The van der Waals surface area contributed by atoms with Gasteiger partial charge in [-0.2, -0.15) is 5.26 Å². The number of fused-ring (bicyclic) bond motifs is 1. The van der Waals surface area contributed by atoms with E-state index in [4.69, 9.17) is 5.26 Å². The summed E-state index contributed by atoms with van der Waals surface area (Å²) in [6.45, 7) is 5.57. The molecule has 1 aromatic rings. The molecule has 1 aliphatic heterocycles.